The van der Waals surface area contributed by atoms with Gasteiger partial charge in [0.15, 0.2) is 5.82 Å². The molecule has 1 N–H and O–H groups in total. The molecule has 120 valence electrons. The molecule has 2 heterocycles. The molecular weight excluding hydrogens is 286 g/mol. The first-order chi connectivity index (χ1) is 10.5. The lowest BCUT2D eigenvalue weighted by atomic mass is 9.90. The highest BCUT2D eigenvalue weighted by atomic mass is 16.5. The van der Waals surface area contributed by atoms with Gasteiger partial charge in [0.1, 0.15) is 0 Å². The number of carbonyl (C=O) groups is 2. The smallest absolute Gasteiger partial charge is 0.311 e. The summed E-state index contributed by atoms with van der Waals surface area (Å²) in [6, 6.07) is 0. The van der Waals surface area contributed by atoms with Crippen LogP contribution in [-0.4, -0.2) is 45.1 Å². The zero-order chi connectivity index (χ0) is 15.7. The third-order valence-corrected chi connectivity index (χ3v) is 4.55. The van der Waals surface area contributed by atoms with Crippen LogP contribution in [0.25, 0.3) is 0 Å². The highest BCUT2D eigenvalue weighted by Gasteiger charge is 2.41. The first-order valence-corrected chi connectivity index (χ1v) is 7.81. The highest BCUT2D eigenvalue weighted by molar-refractivity contribution is 5.80. The summed E-state index contributed by atoms with van der Waals surface area (Å²) in [4.78, 5) is 29.3. The van der Waals surface area contributed by atoms with Gasteiger partial charge in [-0.2, -0.15) is 4.98 Å². The van der Waals surface area contributed by atoms with Crippen LogP contribution >= 0.6 is 0 Å². The summed E-state index contributed by atoms with van der Waals surface area (Å²) in [6.45, 7) is 2.52. The fourth-order valence-corrected chi connectivity index (χ4v) is 2.77. The number of carboxylic acid groups (broad SMARTS) is 1. The van der Waals surface area contributed by atoms with Crippen molar-refractivity contribution in [3.63, 3.8) is 0 Å². The van der Waals surface area contributed by atoms with E-state index in [0.717, 1.165) is 18.7 Å². The van der Waals surface area contributed by atoms with Crippen LogP contribution in [0.4, 0.5) is 0 Å². The van der Waals surface area contributed by atoms with Crippen LogP contribution in [0, 0.1) is 5.41 Å². The average molecular weight is 307 g/mol. The fourth-order valence-electron chi connectivity index (χ4n) is 2.77. The van der Waals surface area contributed by atoms with Crippen LogP contribution < -0.4 is 0 Å². The first-order valence-electron chi connectivity index (χ1n) is 7.81. The topological polar surface area (TPSA) is 96.5 Å². The second-order valence-corrected chi connectivity index (χ2v) is 6.61. The number of aryl methyl sites for hydroxylation is 1. The number of likely N-dealkylation sites (tertiary alicyclic amines) is 1. The molecule has 1 aromatic rings. The summed E-state index contributed by atoms with van der Waals surface area (Å²) >= 11 is 0. The molecule has 1 atom stereocenters. The lowest BCUT2D eigenvalue weighted by Gasteiger charge is -2.20. The predicted molar refractivity (Wildman–Crippen MR) is 76.2 cm³/mol. The number of nitrogens with zero attached hydrogens (tertiary/aromatic N) is 3. The molecule has 0 bridgehead atoms. The number of amides is 1. The van der Waals surface area contributed by atoms with Crippen molar-refractivity contribution in [2.24, 2.45) is 5.41 Å². The van der Waals surface area contributed by atoms with E-state index in [1.165, 1.54) is 0 Å². The number of hydrogen-bond donors (Lipinski definition) is 1. The fraction of sp³-hybridized carbons (Fsp3) is 0.733. The van der Waals surface area contributed by atoms with Gasteiger partial charge in [-0.15, -0.1) is 0 Å². The molecule has 22 heavy (non-hydrogen) atoms. The molecule has 3 rings (SSSR count). The van der Waals surface area contributed by atoms with E-state index in [0.29, 0.717) is 50.6 Å². The largest absolute Gasteiger partial charge is 0.481 e. The number of carboxylic acids is 1. The molecule has 0 radical (unpaired) electrons. The van der Waals surface area contributed by atoms with Gasteiger partial charge in [0.25, 0.3) is 0 Å². The molecule has 7 heteroatoms. The molecule has 2 fully saturated rings. The van der Waals surface area contributed by atoms with Gasteiger partial charge in [-0.3, -0.25) is 9.59 Å². The van der Waals surface area contributed by atoms with Gasteiger partial charge in [0.05, 0.1) is 5.41 Å². The van der Waals surface area contributed by atoms with E-state index in [4.69, 9.17) is 4.52 Å². The van der Waals surface area contributed by atoms with Crippen molar-refractivity contribution in [3.8, 4) is 0 Å². The van der Waals surface area contributed by atoms with E-state index < -0.39 is 11.4 Å². The van der Waals surface area contributed by atoms with Gasteiger partial charge in [-0.05, 0) is 32.6 Å². The summed E-state index contributed by atoms with van der Waals surface area (Å²) in [7, 11) is 0. The van der Waals surface area contributed by atoms with Crippen LogP contribution in [0.5, 0.6) is 0 Å². The first kappa shape index (κ1) is 15.0. The maximum Gasteiger partial charge on any atom is 0.311 e. The second kappa shape index (κ2) is 5.70. The zero-order valence-electron chi connectivity index (χ0n) is 12.7. The van der Waals surface area contributed by atoms with Gasteiger partial charge >= 0.3 is 5.97 Å². The van der Waals surface area contributed by atoms with E-state index in [9.17, 15) is 14.7 Å². The van der Waals surface area contributed by atoms with E-state index >= 15 is 0 Å². The Balaban J connectivity index is 1.43. The Morgan fingerprint density at radius 3 is 2.86 bits per heavy atom. The Morgan fingerprint density at radius 2 is 2.23 bits per heavy atom. The molecule has 1 aliphatic heterocycles. The Morgan fingerprint density at radius 1 is 1.45 bits per heavy atom. The van der Waals surface area contributed by atoms with Crippen molar-refractivity contribution in [2.75, 3.05) is 13.1 Å². The molecule has 0 aromatic carbocycles. The molecule has 1 aliphatic carbocycles. The highest BCUT2D eigenvalue weighted by Crippen LogP contribution is 2.38. The molecule has 1 amide bonds. The SMILES string of the molecule is CC1(C(=O)O)CCN(C(=O)CCCc2nc(C3CC3)no2)C1. The quantitative estimate of drug-likeness (QED) is 0.857. The lowest BCUT2D eigenvalue weighted by Crippen LogP contribution is -2.34. The van der Waals surface area contributed by atoms with E-state index in [-0.39, 0.29) is 5.91 Å². The normalized spacial score (nSPS) is 24.7. The molecule has 1 saturated carbocycles. The van der Waals surface area contributed by atoms with Crippen LogP contribution in [0.2, 0.25) is 0 Å². The van der Waals surface area contributed by atoms with Gasteiger partial charge in [0.2, 0.25) is 11.8 Å². The third-order valence-electron chi connectivity index (χ3n) is 4.55. The minimum atomic E-state index is -0.832. The predicted octanol–water partition coefficient (Wildman–Crippen LogP) is 1.59. The van der Waals surface area contributed by atoms with Crippen molar-refractivity contribution in [2.45, 2.75) is 51.4 Å². The Hall–Kier alpha value is -1.92. The van der Waals surface area contributed by atoms with Crippen LogP contribution in [0.3, 0.4) is 0 Å². The summed E-state index contributed by atoms with van der Waals surface area (Å²) in [5, 5.41) is 13.1. The van der Waals surface area contributed by atoms with Gasteiger partial charge in [0, 0.05) is 31.8 Å². The average Bonchev–Trinajstić information content (AvgIpc) is 3.08. The minimum absolute atomic E-state index is 0.00640. The minimum Gasteiger partial charge on any atom is -0.481 e. The Kier molecular flexibility index (Phi) is 3.88. The Bertz CT molecular complexity index is 581. The van der Waals surface area contributed by atoms with Crippen molar-refractivity contribution in [3.05, 3.63) is 11.7 Å². The summed E-state index contributed by atoms with van der Waals surface area (Å²) < 4.78 is 5.17. The van der Waals surface area contributed by atoms with Crippen molar-refractivity contribution >= 4 is 11.9 Å². The third kappa shape index (κ3) is 3.13. The van der Waals surface area contributed by atoms with Crippen LogP contribution in [0.1, 0.15) is 56.7 Å². The van der Waals surface area contributed by atoms with E-state index in [1.807, 2.05) is 0 Å². The summed E-state index contributed by atoms with van der Waals surface area (Å²) in [5.41, 5.74) is -0.804. The number of hydrogen-bond acceptors (Lipinski definition) is 5. The van der Waals surface area contributed by atoms with Gasteiger partial charge < -0.3 is 14.5 Å². The molecule has 1 unspecified atom stereocenters. The molecule has 1 saturated heterocycles. The van der Waals surface area contributed by atoms with E-state index in [2.05, 4.69) is 10.1 Å². The maximum atomic E-state index is 12.1. The number of aliphatic carboxylic acids is 1. The maximum absolute atomic E-state index is 12.1. The molecule has 1 aromatic heterocycles. The summed E-state index contributed by atoms with van der Waals surface area (Å²) in [6.07, 6.45) is 4.41. The standard InChI is InChI=1S/C15H21N3O4/c1-15(14(20)21)7-8-18(9-15)12(19)4-2-3-11-16-13(17-22-11)10-5-6-10/h10H,2-9H2,1H3,(H,20,21). The molecule has 7 nitrogen and oxygen atoms in total. The van der Waals surface area contributed by atoms with Crippen LogP contribution in [-0.2, 0) is 16.0 Å². The zero-order valence-corrected chi connectivity index (χ0v) is 12.7. The molecule has 2 aliphatic rings. The van der Waals surface area contributed by atoms with Gasteiger partial charge in [-0.1, -0.05) is 5.16 Å². The van der Waals surface area contributed by atoms with Crippen molar-refractivity contribution < 1.29 is 19.2 Å². The van der Waals surface area contributed by atoms with Gasteiger partial charge in [-0.25, -0.2) is 0 Å². The molecular formula is C15H21N3O4. The summed E-state index contributed by atoms with van der Waals surface area (Å²) in [5.74, 6) is 1.02. The number of rotatable bonds is 6. The molecule has 0 spiro atoms. The van der Waals surface area contributed by atoms with Crippen molar-refractivity contribution in [1.82, 2.24) is 15.0 Å². The number of aromatic nitrogens is 2. The Labute approximate surface area is 128 Å². The van der Waals surface area contributed by atoms with Crippen LogP contribution in [0.15, 0.2) is 4.52 Å². The number of carbonyl (C=O) groups excluding carboxylic acids is 1. The van der Waals surface area contributed by atoms with E-state index in [1.54, 1.807) is 11.8 Å². The monoisotopic (exact) mass is 307 g/mol. The lowest BCUT2D eigenvalue weighted by molar-refractivity contribution is -0.147. The van der Waals surface area contributed by atoms with Crippen molar-refractivity contribution in [1.29, 1.82) is 0 Å². The second-order valence-electron chi connectivity index (χ2n) is 6.61.